The Morgan fingerprint density at radius 3 is 2.35 bits per heavy atom. The molecule has 0 amide bonds. The van der Waals surface area contributed by atoms with Crippen molar-refractivity contribution in [3.63, 3.8) is 0 Å². The first-order valence-corrected chi connectivity index (χ1v) is 7.02. The van der Waals surface area contributed by atoms with E-state index < -0.39 is 30.6 Å². The van der Waals surface area contributed by atoms with E-state index in [4.69, 9.17) is 0 Å². The van der Waals surface area contributed by atoms with Crippen LogP contribution in [0.4, 0.5) is 5.69 Å². The molecule has 0 radical (unpaired) electrons. The fourth-order valence-electron chi connectivity index (χ4n) is 1.19. The molecule has 0 aliphatic heterocycles. The zero-order valence-corrected chi connectivity index (χ0v) is 10.9. The normalized spacial score (nSPS) is 11.9. The Hall–Kier alpha value is -1.33. The van der Waals surface area contributed by atoms with Crippen molar-refractivity contribution in [3.05, 3.63) is 28.3 Å². The molecule has 0 N–H and O–H groups in total. The molecule has 17 heavy (non-hydrogen) atoms. The standard InChI is InChI=1S/C9H10NO5PS/c1-6(2)17(14,15)9-5-7(16-13)3-4-8(9)10(11)12/h3-6H,1-2H3. The third-order valence-electron chi connectivity index (χ3n) is 2.17. The summed E-state index contributed by atoms with van der Waals surface area (Å²) in [6.07, 6.45) is 0. The molecule has 0 aliphatic carbocycles. The lowest BCUT2D eigenvalue weighted by Crippen LogP contribution is -2.17. The van der Waals surface area contributed by atoms with Gasteiger partial charge in [0, 0.05) is 11.4 Å². The highest BCUT2D eigenvalue weighted by atomic mass is 32.2. The van der Waals surface area contributed by atoms with Crippen LogP contribution in [0.25, 0.3) is 0 Å². The molecular formula is C9H10NO5PS. The Morgan fingerprint density at radius 2 is 1.94 bits per heavy atom. The monoisotopic (exact) mass is 275 g/mol. The Bertz CT molecular complexity index is 567. The van der Waals surface area contributed by atoms with Crippen molar-refractivity contribution in [1.82, 2.24) is 0 Å². The maximum atomic E-state index is 11.9. The van der Waals surface area contributed by atoms with Gasteiger partial charge < -0.3 is 0 Å². The molecule has 0 saturated carbocycles. The SMILES string of the molecule is CC(C)S(=O)(=O)c1cc(P=O)ccc1[N+](=O)[O-]. The summed E-state index contributed by atoms with van der Waals surface area (Å²) < 4.78 is 34.5. The average Bonchev–Trinajstić information content (AvgIpc) is 2.27. The van der Waals surface area contributed by atoms with Crippen LogP contribution in [0.1, 0.15) is 13.8 Å². The number of hydrogen-bond acceptors (Lipinski definition) is 5. The van der Waals surface area contributed by atoms with Gasteiger partial charge in [0.1, 0.15) is 4.90 Å². The van der Waals surface area contributed by atoms with Crippen LogP contribution in [0.2, 0.25) is 0 Å². The van der Waals surface area contributed by atoms with Gasteiger partial charge in [-0.05, 0) is 26.0 Å². The Labute approximate surface area is 99.9 Å². The highest BCUT2D eigenvalue weighted by Gasteiger charge is 2.28. The van der Waals surface area contributed by atoms with E-state index in [2.05, 4.69) is 0 Å². The number of benzene rings is 1. The van der Waals surface area contributed by atoms with Gasteiger partial charge in [-0.15, -0.1) is 0 Å². The molecule has 6 nitrogen and oxygen atoms in total. The highest BCUT2D eigenvalue weighted by molar-refractivity contribution is 7.92. The van der Waals surface area contributed by atoms with E-state index in [0.717, 1.165) is 12.1 Å². The lowest BCUT2D eigenvalue weighted by atomic mass is 10.3. The highest BCUT2D eigenvalue weighted by Crippen LogP contribution is 2.26. The summed E-state index contributed by atoms with van der Waals surface area (Å²) >= 11 is 0. The predicted molar refractivity (Wildman–Crippen MR) is 62.7 cm³/mol. The molecular weight excluding hydrogens is 265 g/mol. The van der Waals surface area contributed by atoms with Gasteiger partial charge in [0.2, 0.25) is 0 Å². The molecule has 0 heterocycles. The van der Waals surface area contributed by atoms with Crippen molar-refractivity contribution in [2.75, 3.05) is 0 Å². The second-order valence-corrected chi connectivity index (χ2v) is 6.77. The maximum absolute atomic E-state index is 11.9. The first-order chi connectivity index (χ1) is 7.80. The number of nitro groups is 1. The van der Waals surface area contributed by atoms with Crippen molar-refractivity contribution >= 4 is 29.3 Å². The number of sulfone groups is 1. The van der Waals surface area contributed by atoms with Crippen LogP contribution >= 0.6 is 8.46 Å². The van der Waals surface area contributed by atoms with Gasteiger partial charge in [0.05, 0.1) is 10.2 Å². The predicted octanol–water partition coefficient (Wildman–Crippen LogP) is 1.69. The van der Waals surface area contributed by atoms with Crippen LogP contribution in [0.3, 0.4) is 0 Å². The second kappa shape index (κ2) is 4.89. The van der Waals surface area contributed by atoms with Crippen LogP contribution < -0.4 is 5.30 Å². The Kier molecular flexibility index (Phi) is 3.95. The summed E-state index contributed by atoms with van der Waals surface area (Å²) in [5.74, 6) is 0. The molecule has 0 atom stereocenters. The lowest BCUT2D eigenvalue weighted by molar-refractivity contribution is -0.387. The van der Waals surface area contributed by atoms with Crippen molar-refractivity contribution in [2.24, 2.45) is 0 Å². The van der Waals surface area contributed by atoms with E-state index in [1.165, 1.54) is 19.9 Å². The van der Waals surface area contributed by atoms with Gasteiger partial charge in [-0.2, -0.15) is 0 Å². The lowest BCUT2D eigenvalue weighted by Gasteiger charge is -2.08. The van der Waals surface area contributed by atoms with Crippen LogP contribution in [0.5, 0.6) is 0 Å². The molecule has 1 aromatic rings. The van der Waals surface area contributed by atoms with E-state index in [1.807, 2.05) is 0 Å². The second-order valence-electron chi connectivity index (χ2n) is 3.59. The van der Waals surface area contributed by atoms with Crippen LogP contribution in [-0.2, 0) is 14.4 Å². The van der Waals surface area contributed by atoms with Crippen molar-refractivity contribution in [1.29, 1.82) is 0 Å². The van der Waals surface area contributed by atoms with Crippen LogP contribution in [-0.4, -0.2) is 18.6 Å². The third kappa shape index (κ3) is 2.68. The summed E-state index contributed by atoms with van der Waals surface area (Å²) in [6.45, 7) is 2.86. The first-order valence-electron chi connectivity index (χ1n) is 4.66. The fourth-order valence-corrected chi connectivity index (χ4v) is 2.83. The van der Waals surface area contributed by atoms with Gasteiger partial charge in [-0.3, -0.25) is 14.7 Å². The van der Waals surface area contributed by atoms with Gasteiger partial charge in [-0.1, -0.05) is 0 Å². The minimum atomic E-state index is -3.77. The molecule has 1 rings (SSSR count). The first kappa shape index (κ1) is 13.7. The van der Waals surface area contributed by atoms with E-state index in [9.17, 15) is 23.1 Å². The Balaban J connectivity index is 3.59. The van der Waals surface area contributed by atoms with Gasteiger partial charge >= 0.3 is 0 Å². The molecule has 0 fully saturated rings. The average molecular weight is 275 g/mol. The molecule has 0 aliphatic rings. The molecule has 92 valence electrons. The van der Waals surface area contributed by atoms with E-state index in [1.54, 1.807) is 0 Å². The minimum Gasteiger partial charge on any atom is -0.269 e. The van der Waals surface area contributed by atoms with E-state index in [-0.39, 0.29) is 13.8 Å². The number of hydrogen-bond donors (Lipinski definition) is 0. The zero-order chi connectivity index (χ0) is 13.2. The Morgan fingerprint density at radius 1 is 1.35 bits per heavy atom. The van der Waals surface area contributed by atoms with Crippen molar-refractivity contribution < 1.29 is 17.9 Å². The molecule has 0 bridgehead atoms. The van der Waals surface area contributed by atoms with Gasteiger partial charge in [-0.25, -0.2) is 8.42 Å². The maximum Gasteiger partial charge on any atom is 0.288 e. The largest absolute Gasteiger partial charge is 0.288 e. The quantitative estimate of drug-likeness (QED) is 0.473. The van der Waals surface area contributed by atoms with Crippen molar-refractivity contribution in [2.45, 2.75) is 24.0 Å². The molecule has 0 unspecified atom stereocenters. The van der Waals surface area contributed by atoms with Crippen LogP contribution in [0, 0.1) is 10.1 Å². The third-order valence-corrected chi connectivity index (χ3v) is 4.84. The van der Waals surface area contributed by atoms with Crippen molar-refractivity contribution in [3.8, 4) is 0 Å². The fraction of sp³-hybridized carbons (Fsp3) is 0.333. The van der Waals surface area contributed by atoms with Gasteiger partial charge in [0.15, 0.2) is 18.3 Å². The minimum absolute atomic E-state index is 0.190. The van der Waals surface area contributed by atoms with E-state index >= 15 is 0 Å². The van der Waals surface area contributed by atoms with Gasteiger partial charge in [0.25, 0.3) is 5.69 Å². The summed E-state index contributed by atoms with van der Waals surface area (Å²) in [6, 6.07) is 3.38. The van der Waals surface area contributed by atoms with E-state index in [0.29, 0.717) is 0 Å². The smallest absolute Gasteiger partial charge is 0.269 e. The molecule has 0 aromatic heterocycles. The summed E-state index contributed by atoms with van der Waals surface area (Å²) in [7, 11) is -4.15. The summed E-state index contributed by atoms with van der Waals surface area (Å²) in [4.78, 5) is 9.60. The molecule has 0 saturated heterocycles. The molecule has 8 heteroatoms. The summed E-state index contributed by atoms with van der Waals surface area (Å²) in [5, 5.41) is 10.2. The van der Waals surface area contributed by atoms with Crippen LogP contribution in [0.15, 0.2) is 23.1 Å². The number of rotatable bonds is 4. The molecule has 0 spiro atoms. The topological polar surface area (TPSA) is 94.3 Å². The molecule has 1 aromatic carbocycles. The summed E-state index contributed by atoms with van der Waals surface area (Å²) in [5.41, 5.74) is -0.494. The zero-order valence-electron chi connectivity index (χ0n) is 9.15. The number of nitro benzene ring substituents is 1. The number of nitrogens with zero attached hydrogens (tertiary/aromatic N) is 1.